The molecule has 7 aliphatic carbocycles. The van der Waals surface area contributed by atoms with Crippen LogP contribution in [0, 0.1) is 62.6 Å². The van der Waals surface area contributed by atoms with Gasteiger partial charge in [-0.15, -0.1) is 0 Å². The van der Waals surface area contributed by atoms with E-state index in [-0.39, 0.29) is 46.7 Å². The maximum Gasteiger partial charge on any atom is 0.314 e. The van der Waals surface area contributed by atoms with E-state index in [1.807, 2.05) is 48.5 Å². The van der Waals surface area contributed by atoms with Gasteiger partial charge in [0.05, 0.1) is 29.0 Å². The average Bonchev–Trinajstić information content (AvgIpc) is 3.36. The maximum absolute atomic E-state index is 13.5. The average molecular weight is 1030 g/mol. The van der Waals surface area contributed by atoms with Crippen LogP contribution in [0.15, 0.2) is 0 Å². The van der Waals surface area contributed by atoms with Gasteiger partial charge in [-0.05, 0) is 180 Å². The molecule has 0 amide bonds. The molecule has 7 aliphatic rings. The lowest BCUT2D eigenvalue weighted by atomic mass is 9.50. The van der Waals surface area contributed by atoms with E-state index in [9.17, 15) is 28.8 Å². The van der Waals surface area contributed by atoms with Gasteiger partial charge in [0.2, 0.25) is 11.6 Å². The molecular formula is C61H104O12. The maximum atomic E-state index is 13.5. The van der Waals surface area contributed by atoms with Crippen LogP contribution in [0.1, 0.15) is 251 Å². The van der Waals surface area contributed by atoms with Crippen LogP contribution in [0.3, 0.4) is 0 Å². The van der Waals surface area contributed by atoms with E-state index in [0.717, 1.165) is 43.4 Å². The standard InChI is InChI=1S/C27H46O4.C20H32O4.C14H26O4/c1-4-27(2,3)26(29)31-25(23(28)20-14-8-5-9-15-20)30-24(21-16-10-6-11-17-21)22-18-12-7-13-19-22;1-5-19(3,4)18(22)24-17(13(2)21)23-12-20-9-14-6-15(10-20)8-16(7-14)11-20;1-8-14(6,7)12(16)18-11(17-9-2)10(15)13(3,4)5/h20-22,24-25H,4-19H2,1-3H3;14-17H,5-12H2,1-4H3;11H,8-9H2,1-7H3. The smallest absolute Gasteiger partial charge is 0.314 e. The molecule has 0 spiro atoms. The van der Waals surface area contributed by atoms with E-state index in [0.29, 0.717) is 44.3 Å². The molecule has 7 fully saturated rings. The number of carbonyl (C=O) groups is 6. The highest BCUT2D eigenvalue weighted by atomic mass is 16.7. The van der Waals surface area contributed by atoms with Crippen molar-refractivity contribution in [2.75, 3.05) is 13.2 Å². The highest BCUT2D eigenvalue weighted by molar-refractivity contribution is 5.89. The molecule has 7 saturated carbocycles. The van der Waals surface area contributed by atoms with E-state index < -0.39 is 46.5 Å². The van der Waals surface area contributed by atoms with Gasteiger partial charge in [0.15, 0.2) is 5.78 Å². The molecule has 7 rings (SSSR count). The molecule has 0 aromatic heterocycles. The van der Waals surface area contributed by atoms with Crippen molar-refractivity contribution in [3.05, 3.63) is 0 Å². The van der Waals surface area contributed by atoms with Crippen molar-refractivity contribution in [3.63, 3.8) is 0 Å². The molecule has 12 nitrogen and oxygen atoms in total. The number of hydrogen-bond acceptors (Lipinski definition) is 12. The summed E-state index contributed by atoms with van der Waals surface area (Å²) in [6, 6.07) is 0. The van der Waals surface area contributed by atoms with Gasteiger partial charge < -0.3 is 28.4 Å². The van der Waals surface area contributed by atoms with Crippen molar-refractivity contribution in [2.24, 2.45) is 62.6 Å². The van der Waals surface area contributed by atoms with Crippen molar-refractivity contribution in [1.29, 1.82) is 0 Å². The Hall–Kier alpha value is -2.70. The third-order valence-corrected chi connectivity index (χ3v) is 18.0. The summed E-state index contributed by atoms with van der Waals surface area (Å²) in [5, 5.41) is 0. The van der Waals surface area contributed by atoms with Crippen LogP contribution in [0.25, 0.3) is 0 Å². The molecule has 0 aromatic rings. The zero-order valence-electron chi connectivity index (χ0n) is 48.6. The number of ether oxygens (including phenoxy) is 6. The highest BCUT2D eigenvalue weighted by Crippen LogP contribution is 2.60. The molecule has 12 heteroatoms. The molecule has 3 unspecified atom stereocenters. The lowest BCUT2D eigenvalue weighted by Gasteiger charge is -2.56. The second-order valence-corrected chi connectivity index (χ2v) is 26.5. The Balaban J connectivity index is 0.000000247. The third-order valence-electron chi connectivity index (χ3n) is 18.0. The number of esters is 3. The van der Waals surface area contributed by atoms with E-state index >= 15 is 0 Å². The van der Waals surface area contributed by atoms with Crippen LogP contribution in [0.5, 0.6) is 0 Å². The van der Waals surface area contributed by atoms with Crippen LogP contribution in [0.4, 0.5) is 0 Å². The number of ketones is 3. The van der Waals surface area contributed by atoms with Gasteiger partial charge in [-0.25, -0.2) is 0 Å². The Morgan fingerprint density at radius 1 is 0.493 bits per heavy atom. The first-order valence-electron chi connectivity index (χ1n) is 29.3. The van der Waals surface area contributed by atoms with Crippen LogP contribution >= 0.6 is 0 Å². The topological polar surface area (TPSA) is 158 Å². The van der Waals surface area contributed by atoms with E-state index in [4.69, 9.17) is 28.4 Å². The number of carbonyl (C=O) groups excluding carboxylic acids is 6. The van der Waals surface area contributed by atoms with Crippen molar-refractivity contribution < 1.29 is 57.2 Å². The first kappa shape index (κ1) is 62.8. The summed E-state index contributed by atoms with van der Waals surface area (Å²) in [7, 11) is 0. The largest absolute Gasteiger partial charge is 0.428 e. The first-order valence-corrected chi connectivity index (χ1v) is 29.3. The number of hydrogen-bond donors (Lipinski definition) is 0. The fraction of sp³-hybridized carbons (Fsp3) is 0.902. The summed E-state index contributed by atoms with van der Waals surface area (Å²) in [5.41, 5.74) is -2.17. The predicted molar refractivity (Wildman–Crippen MR) is 285 cm³/mol. The van der Waals surface area contributed by atoms with Crippen LogP contribution in [-0.4, -0.2) is 73.4 Å². The molecular weight excluding hydrogens is 925 g/mol. The quantitative estimate of drug-likeness (QED) is 0.0575. The second kappa shape index (κ2) is 28.1. The summed E-state index contributed by atoms with van der Waals surface area (Å²) in [4.78, 5) is 74.8. The highest BCUT2D eigenvalue weighted by Gasteiger charge is 2.51. The summed E-state index contributed by atoms with van der Waals surface area (Å²) in [6.45, 7) is 26.3. The van der Waals surface area contributed by atoms with Gasteiger partial charge in [0, 0.05) is 24.9 Å². The number of Topliss-reactive ketones (excluding diaryl/α,β-unsaturated/α-hetero) is 3. The predicted octanol–water partition coefficient (Wildman–Crippen LogP) is 14.0. The summed E-state index contributed by atoms with van der Waals surface area (Å²) < 4.78 is 34.4. The molecule has 0 N–H and O–H groups in total. The third kappa shape index (κ3) is 18.5. The van der Waals surface area contributed by atoms with Gasteiger partial charge in [-0.3, -0.25) is 28.8 Å². The van der Waals surface area contributed by atoms with Crippen molar-refractivity contribution in [3.8, 4) is 0 Å². The molecule has 73 heavy (non-hydrogen) atoms. The van der Waals surface area contributed by atoms with E-state index in [2.05, 4.69) is 0 Å². The minimum absolute atomic E-state index is 0.0188. The molecule has 3 atom stereocenters. The van der Waals surface area contributed by atoms with Crippen molar-refractivity contribution in [1.82, 2.24) is 0 Å². The van der Waals surface area contributed by atoms with Crippen LogP contribution in [0.2, 0.25) is 0 Å². The Morgan fingerprint density at radius 2 is 0.863 bits per heavy atom. The molecule has 0 saturated heterocycles. The van der Waals surface area contributed by atoms with Gasteiger partial charge in [0.1, 0.15) is 0 Å². The fourth-order valence-electron chi connectivity index (χ4n) is 12.2. The summed E-state index contributed by atoms with van der Waals surface area (Å²) in [6.07, 6.45) is 24.2. The van der Waals surface area contributed by atoms with Crippen molar-refractivity contribution >= 4 is 35.3 Å². The summed E-state index contributed by atoms with van der Waals surface area (Å²) >= 11 is 0. The molecule has 4 bridgehead atoms. The van der Waals surface area contributed by atoms with Gasteiger partial charge in [0.25, 0.3) is 18.9 Å². The lowest BCUT2D eigenvalue weighted by Crippen LogP contribution is -2.49. The SMILES string of the molecule is CCC(C)(C)C(=O)OC(OC(C1CCCCC1)C1CCCCC1)C(=O)C1CCCCC1.CCC(C)(C)C(=O)OC(OCC12CC3CC(CC(C3)C1)C2)C(C)=O.CCOC(OC(=O)C(C)(C)CC)C(=O)C(C)(C)C. The molecule has 0 heterocycles. The Kier molecular flexibility index (Phi) is 24.2. The Bertz CT molecular complexity index is 1720. The monoisotopic (exact) mass is 1030 g/mol. The van der Waals surface area contributed by atoms with Crippen LogP contribution < -0.4 is 0 Å². The fourth-order valence-corrected chi connectivity index (χ4v) is 12.2. The zero-order valence-corrected chi connectivity index (χ0v) is 48.6. The molecule has 0 aliphatic heterocycles. The molecule has 420 valence electrons. The Morgan fingerprint density at radius 3 is 1.22 bits per heavy atom. The lowest BCUT2D eigenvalue weighted by molar-refractivity contribution is -0.215. The Labute approximate surface area is 442 Å². The minimum Gasteiger partial charge on any atom is -0.428 e. The van der Waals surface area contributed by atoms with Gasteiger partial charge in [-0.1, -0.05) is 99.3 Å². The summed E-state index contributed by atoms with van der Waals surface area (Å²) in [5.74, 6) is 2.04. The van der Waals surface area contributed by atoms with Crippen molar-refractivity contribution in [2.45, 2.75) is 276 Å². The first-order chi connectivity index (χ1) is 34.2. The number of rotatable bonds is 22. The molecule has 0 radical (unpaired) electrons. The minimum atomic E-state index is -1.10. The zero-order chi connectivity index (χ0) is 54.4. The molecule has 0 aromatic carbocycles. The van der Waals surface area contributed by atoms with Gasteiger partial charge in [-0.2, -0.15) is 0 Å². The normalized spacial score (nSPS) is 25.3. The van der Waals surface area contributed by atoms with Crippen LogP contribution in [-0.2, 0) is 57.2 Å². The van der Waals surface area contributed by atoms with E-state index in [1.54, 1.807) is 41.5 Å². The second-order valence-electron chi connectivity index (χ2n) is 26.5. The van der Waals surface area contributed by atoms with Gasteiger partial charge >= 0.3 is 17.9 Å². The van der Waals surface area contributed by atoms with E-state index in [1.165, 1.54) is 116 Å².